The van der Waals surface area contributed by atoms with Gasteiger partial charge in [-0.2, -0.15) is 0 Å². The normalized spacial score (nSPS) is 10.0. The zero-order valence-corrected chi connectivity index (χ0v) is 13.0. The van der Waals surface area contributed by atoms with E-state index in [1.165, 1.54) is 24.3 Å². The third kappa shape index (κ3) is 4.16. The van der Waals surface area contributed by atoms with Crippen molar-refractivity contribution in [1.82, 2.24) is 0 Å². The Morgan fingerprint density at radius 3 is 2.50 bits per heavy atom. The van der Waals surface area contributed by atoms with Crippen molar-refractivity contribution in [2.75, 3.05) is 11.9 Å². The van der Waals surface area contributed by atoms with Crippen LogP contribution in [-0.4, -0.2) is 23.4 Å². The van der Waals surface area contributed by atoms with Crippen molar-refractivity contribution in [2.24, 2.45) is 0 Å². The van der Waals surface area contributed by atoms with Crippen LogP contribution in [0.4, 0.5) is 11.4 Å². The van der Waals surface area contributed by atoms with Gasteiger partial charge in [0.2, 0.25) is 0 Å². The number of nitro groups is 1. The Bertz CT molecular complexity index is 773. The van der Waals surface area contributed by atoms with Crippen LogP contribution in [-0.2, 0) is 16.0 Å². The predicted molar refractivity (Wildman–Crippen MR) is 87.8 cm³/mol. The number of amides is 1. The molecule has 1 amide bonds. The van der Waals surface area contributed by atoms with Gasteiger partial charge in [-0.1, -0.05) is 37.3 Å². The van der Waals surface area contributed by atoms with Crippen molar-refractivity contribution in [3.05, 3.63) is 69.8 Å². The molecule has 0 bridgehead atoms. The molecule has 2 aromatic carbocycles. The minimum absolute atomic E-state index is 0.191. The molecule has 2 rings (SSSR count). The maximum Gasteiger partial charge on any atom is 0.345 e. The fraction of sp³-hybridized carbons (Fsp3) is 0.176. The smallest absolute Gasteiger partial charge is 0.345 e. The van der Waals surface area contributed by atoms with E-state index in [0.29, 0.717) is 5.69 Å². The highest BCUT2D eigenvalue weighted by molar-refractivity contribution is 5.97. The van der Waals surface area contributed by atoms with E-state index in [-0.39, 0.29) is 11.3 Å². The largest absolute Gasteiger partial charge is 0.452 e. The molecule has 2 aromatic rings. The second-order valence-electron chi connectivity index (χ2n) is 4.91. The molecule has 0 radical (unpaired) electrons. The summed E-state index contributed by atoms with van der Waals surface area (Å²) in [4.78, 5) is 34.1. The number of hydrogen-bond acceptors (Lipinski definition) is 5. The quantitative estimate of drug-likeness (QED) is 0.499. The Labute approximate surface area is 138 Å². The van der Waals surface area contributed by atoms with Crippen LogP contribution in [0.2, 0.25) is 0 Å². The molecule has 0 unspecified atom stereocenters. The number of esters is 1. The number of nitro benzene ring substituents is 1. The SMILES string of the molecule is CCc1ccccc1NC(=O)COC(=O)c1ccccc1[N+](=O)[O-]. The van der Waals surface area contributed by atoms with E-state index < -0.39 is 23.4 Å². The zero-order valence-electron chi connectivity index (χ0n) is 13.0. The average Bonchev–Trinajstić information content (AvgIpc) is 2.60. The van der Waals surface area contributed by atoms with Gasteiger partial charge in [0.15, 0.2) is 6.61 Å². The molecule has 0 aliphatic carbocycles. The standard InChI is InChI=1S/C17H16N2O5/c1-2-12-7-3-5-9-14(12)18-16(20)11-24-17(21)13-8-4-6-10-15(13)19(22)23/h3-10H,2,11H2,1H3,(H,18,20). The first-order chi connectivity index (χ1) is 11.5. The van der Waals surface area contributed by atoms with E-state index in [2.05, 4.69) is 5.32 Å². The topological polar surface area (TPSA) is 98.5 Å². The number of hydrogen-bond donors (Lipinski definition) is 1. The third-order valence-electron chi connectivity index (χ3n) is 3.33. The van der Waals surface area contributed by atoms with Gasteiger partial charge in [-0.25, -0.2) is 4.79 Å². The maximum atomic E-state index is 11.9. The molecule has 0 spiro atoms. The lowest BCUT2D eigenvalue weighted by Gasteiger charge is -2.10. The maximum absolute atomic E-state index is 11.9. The number of ether oxygens (including phenoxy) is 1. The number of aryl methyl sites for hydroxylation is 1. The first-order valence-electron chi connectivity index (χ1n) is 7.31. The van der Waals surface area contributed by atoms with Gasteiger partial charge >= 0.3 is 5.97 Å². The van der Waals surface area contributed by atoms with Crippen LogP contribution in [0.5, 0.6) is 0 Å². The molecule has 0 aliphatic rings. The fourth-order valence-corrected chi connectivity index (χ4v) is 2.15. The number of anilines is 1. The molecule has 0 aromatic heterocycles. The lowest BCUT2D eigenvalue weighted by molar-refractivity contribution is -0.385. The summed E-state index contributed by atoms with van der Waals surface area (Å²) in [5.74, 6) is -1.43. The van der Waals surface area contributed by atoms with Crippen molar-refractivity contribution >= 4 is 23.3 Å². The van der Waals surface area contributed by atoms with Crippen molar-refractivity contribution in [3.63, 3.8) is 0 Å². The number of para-hydroxylation sites is 2. The Kier molecular flexibility index (Phi) is 5.62. The van der Waals surface area contributed by atoms with Crippen LogP contribution < -0.4 is 5.32 Å². The molecule has 124 valence electrons. The van der Waals surface area contributed by atoms with Gasteiger partial charge in [0.1, 0.15) is 5.56 Å². The highest BCUT2D eigenvalue weighted by Crippen LogP contribution is 2.19. The summed E-state index contributed by atoms with van der Waals surface area (Å²) < 4.78 is 4.87. The summed E-state index contributed by atoms with van der Waals surface area (Å²) in [7, 11) is 0. The summed E-state index contributed by atoms with van der Waals surface area (Å²) in [6.07, 6.45) is 0.743. The summed E-state index contributed by atoms with van der Waals surface area (Å²) in [6.45, 7) is 1.43. The molecule has 0 aliphatic heterocycles. The van der Waals surface area contributed by atoms with E-state index in [0.717, 1.165) is 12.0 Å². The van der Waals surface area contributed by atoms with E-state index in [1.807, 2.05) is 19.1 Å². The molecule has 0 fully saturated rings. The van der Waals surface area contributed by atoms with Gasteiger partial charge in [-0.05, 0) is 24.1 Å². The number of carbonyl (C=O) groups is 2. The average molecular weight is 328 g/mol. The van der Waals surface area contributed by atoms with Gasteiger partial charge in [0.05, 0.1) is 4.92 Å². The monoisotopic (exact) mass is 328 g/mol. The van der Waals surface area contributed by atoms with Gasteiger partial charge in [0, 0.05) is 11.8 Å². The molecule has 0 saturated carbocycles. The molecule has 24 heavy (non-hydrogen) atoms. The number of nitrogens with zero attached hydrogens (tertiary/aromatic N) is 1. The zero-order chi connectivity index (χ0) is 17.5. The third-order valence-corrected chi connectivity index (χ3v) is 3.33. The van der Waals surface area contributed by atoms with E-state index >= 15 is 0 Å². The molecule has 0 atom stereocenters. The summed E-state index contributed by atoms with van der Waals surface area (Å²) >= 11 is 0. The predicted octanol–water partition coefficient (Wildman–Crippen LogP) is 2.95. The molecular formula is C17H16N2O5. The highest BCUT2D eigenvalue weighted by atomic mass is 16.6. The summed E-state index contributed by atoms with van der Waals surface area (Å²) in [6, 6.07) is 12.7. The van der Waals surface area contributed by atoms with Crippen LogP contribution >= 0.6 is 0 Å². The molecule has 0 heterocycles. The second kappa shape index (κ2) is 7.87. The van der Waals surface area contributed by atoms with Gasteiger partial charge in [0.25, 0.3) is 11.6 Å². The van der Waals surface area contributed by atoms with Crippen molar-refractivity contribution < 1.29 is 19.2 Å². The van der Waals surface area contributed by atoms with Crippen molar-refractivity contribution in [1.29, 1.82) is 0 Å². The minimum Gasteiger partial charge on any atom is -0.452 e. The van der Waals surface area contributed by atoms with Gasteiger partial charge in [-0.15, -0.1) is 0 Å². The number of benzene rings is 2. The first kappa shape index (κ1) is 17.1. The van der Waals surface area contributed by atoms with Crippen LogP contribution in [0.15, 0.2) is 48.5 Å². The fourth-order valence-electron chi connectivity index (χ4n) is 2.15. The molecule has 1 N–H and O–H groups in total. The first-order valence-corrected chi connectivity index (χ1v) is 7.31. The lowest BCUT2D eigenvalue weighted by atomic mass is 10.1. The van der Waals surface area contributed by atoms with Gasteiger partial charge in [-0.3, -0.25) is 14.9 Å². The number of nitrogens with one attached hydrogen (secondary N) is 1. The Balaban J connectivity index is 1.99. The summed E-state index contributed by atoms with van der Waals surface area (Å²) in [5.41, 5.74) is 1.05. The van der Waals surface area contributed by atoms with E-state index in [9.17, 15) is 19.7 Å². The van der Waals surface area contributed by atoms with Crippen LogP contribution in [0.1, 0.15) is 22.8 Å². The van der Waals surface area contributed by atoms with Crippen LogP contribution in [0, 0.1) is 10.1 Å². The molecule has 0 saturated heterocycles. The summed E-state index contributed by atoms with van der Waals surface area (Å²) in [5, 5.41) is 13.6. The Morgan fingerprint density at radius 1 is 1.12 bits per heavy atom. The van der Waals surface area contributed by atoms with Crippen molar-refractivity contribution in [2.45, 2.75) is 13.3 Å². The van der Waals surface area contributed by atoms with Crippen LogP contribution in [0.25, 0.3) is 0 Å². The molecule has 7 heteroatoms. The van der Waals surface area contributed by atoms with Crippen molar-refractivity contribution in [3.8, 4) is 0 Å². The molecular weight excluding hydrogens is 312 g/mol. The second-order valence-corrected chi connectivity index (χ2v) is 4.91. The van der Waals surface area contributed by atoms with Gasteiger partial charge < -0.3 is 10.1 Å². The minimum atomic E-state index is -0.916. The van der Waals surface area contributed by atoms with Crippen LogP contribution in [0.3, 0.4) is 0 Å². The number of rotatable bonds is 6. The highest BCUT2D eigenvalue weighted by Gasteiger charge is 2.21. The Hall–Kier alpha value is -3.22. The Morgan fingerprint density at radius 2 is 1.79 bits per heavy atom. The van der Waals surface area contributed by atoms with E-state index in [1.54, 1.807) is 12.1 Å². The number of carbonyl (C=O) groups excluding carboxylic acids is 2. The lowest BCUT2D eigenvalue weighted by Crippen LogP contribution is -2.21. The van der Waals surface area contributed by atoms with E-state index in [4.69, 9.17) is 4.74 Å². The molecule has 7 nitrogen and oxygen atoms in total.